The minimum Gasteiger partial charge on any atom is -0.461 e. The van der Waals surface area contributed by atoms with Gasteiger partial charge in [-0.1, -0.05) is 43.3 Å². The van der Waals surface area contributed by atoms with Gasteiger partial charge in [-0.15, -0.1) is 11.3 Å². The van der Waals surface area contributed by atoms with Crippen molar-refractivity contribution < 1.29 is 19.1 Å². The summed E-state index contributed by atoms with van der Waals surface area (Å²) in [6.45, 7) is 6.22. The van der Waals surface area contributed by atoms with Gasteiger partial charge < -0.3 is 10.1 Å². The number of ether oxygens (including phenoxy) is 1. The van der Waals surface area contributed by atoms with Crippen LogP contribution in [0.3, 0.4) is 0 Å². The van der Waals surface area contributed by atoms with E-state index in [0.717, 1.165) is 12.0 Å². The largest absolute Gasteiger partial charge is 0.461 e. The number of carbonyl (C=O) groups excluding carboxylic acids is 3. The third-order valence-corrected chi connectivity index (χ3v) is 7.01. The van der Waals surface area contributed by atoms with Gasteiger partial charge in [-0.25, -0.2) is 9.78 Å². The van der Waals surface area contributed by atoms with Crippen molar-refractivity contribution in [3.8, 4) is 0 Å². The number of hydrogen-bond donors (Lipinski definition) is 1. The van der Waals surface area contributed by atoms with Crippen molar-refractivity contribution >= 4 is 39.9 Å². The molecule has 0 saturated heterocycles. The molecule has 1 saturated carbocycles. The van der Waals surface area contributed by atoms with E-state index in [9.17, 15) is 14.4 Å². The second kappa shape index (κ2) is 10.8. The molecular weight excluding hydrogens is 462 g/mol. The number of benzene rings is 2. The maximum Gasteiger partial charge on any atom is 0.358 e. The number of nitrogens with zero attached hydrogens (tertiary/aromatic N) is 2. The van der Waals surface area contributed by atoms with Crippen molar-refractivity contribution in [2.45, 2.75) is 33.6 Å². The molecule has 7 nitrogen and oxygen atoms in total. The van der Waals surface area contributed by atoms with Gasteiger partial charge in [-0.2, -0.15) is 0 Å². The summed E-state index contributed by atoms with van der Waals surface area (Å²) in [7, 11) is 0. The van der Waals surface area contributed by atoms with E-state index in [1.807, 2.05) is 30.3 Å². The topological polar surface area (TPSA) is 88.6 Å². The van der Waals surface area contributed by atoms with Crippen LogP contribution in [0.2, 0.25) is 0 Å². The van der Waals surface area contributed by atoms with Crippen molar-refractivity contribution in [2.75, 3.05) is 23.4 Å². The highest BCUT2D eigenvalue weighted by molar-refractivity contribution is 7.16. The SMILES string of the molecule is CCOC(=O)c1nc(N(CCc2ccccc2)C(=O)c2cccc(NC(=O)C3CC3C)c2)sc1C. The lowest BCUT2D eigenvalue weighted by Crippen LogP contribution is -2.33. The molecule has 0 spiro atoms. The summed E-state index contributed by atoms with van der Waals surface area (Å²) in [5.74, 6) is -0.327. The van der Waals surface area contributed by atoms with Crippen molar-refractivity contribution in [1.82, 2.24) is 4.98 Å². The Morgan fingerprint density at radius 2 is 1.89 bits per heavy atom. The first kappa shape index (κ1) is 24.6. The number of anilines is 2. The van der Waals surface area contributed by atoms with E-state index in [1.165, 1.54) is 11.3 Å². The fourth-order valence-electron chi connectivity index (χ4n) is 3.86. The zero-order valence-corrected chi connectivity index (χ0v) is 20.9. The van der Waals surface area contributed by atoms with Crippen molar-refractivity contribution in [2.24, 2.45) is 11.8 Å². The molecule has 1 aliphatic rings. The van der Waals surface area contributed by atoms with Crippen LogP contribution in [0.1, 0.15) is 51.6 Å². The third-order valence-electron chi connectivity index (χ3n) is 6.02. The molecule has 1 heterocycles. The van der Waals surface area contributed by atoms with Gasteiger partial charge in [0.25, 0.3) is 5.91 Å². The Balaban J connectivity index is 1.60. The molecule has 1 fully saturated rings. The molecule has 2 aromatic carbocycles. The number of hydrogen-bond acceptors (Lipinski definition) is 6. The Morgan fingerprint density at radius 1 is 1.14 bits per heavy atom. The van der Waals surface area contributed by atoms with E-state index >= 15 is 0 Å². The number of aromatic nitrogens is 1. The molecule has 2 amide bonds. The number of nitrogens with one attached hydrogen (secondary N) is 1. The molecule has 2 atom stereocenters. The van der Waals surface area contributed by atoms with Gasteiger partial charge in [0.1, 0.15) is 0 Å². The van der Waals surface area contributed by atoms with Crippen LogP contribution in [-0.2, 0) is 16.0 Å². The molecule has 1 N–H and O–H groups in total. The highest BCUT2D eigenvalue weighted by Crippen LogP contribution is 2.38. The maximum atomic E-state index is 13.7. The van der Waals surface area contributed by atoms with E-state index in [4.69, 9.17) is 4.74 Å². The van der Waals surface area contributed by atoms with E-state index < -0.39 is 5.97 Å². The summed E-state index contributed by atoms with van der Waals surface area (Å²) in [4.78, 5) is 45.2. The molecule has 4 rings (SSSR count). The second-order valence-electron chi connectivity index (χ2n) is 8.70. The Labute approximate surface area is 209 Å². The summed E-state index contributed by atoms with van der Waals surface area (Å²) < 4.78 is 5.12. The van der Waals surface area contributed by atoms with Gasteiger partial charge in [-0.3, -0.25) is 14.5 Å². The molecule has 1 aliphatic carbocycles. The zero-order valence-electron chi connectivity index (χ0n) is 20.1. The van der Waals surface area contributed by atoms with Crippen molar-refractivity contribution in [3.63, 3.8) is 0 Å². The number of aryl methyl sites for hydroxylation is 1. The first-order valence-electron chi connectivity index (χ1n) is 11.8. The summed E-state index contributed by atoms with van der Waals surface area (Å²) in [6.07, 6.45) is 1.51. The van der Waals surface area contributed by atoms with Gasteiger partial charge in [0.05, 0.1) is 6.61 Å². The van der Waals surface area contributed by atoms with Crippen LogP contribution in [0.5, 0.6) is 0 Å². The van der Waals surface area contributed by atoms with Crippen LogP contribution in [0.15, 0.2) is 54.6 Å². The summed E-state index contributed by atoms with van der Waals surface area (Å²) in [6, 6.07) is 16.8. The average Bonchev–Trinajstić information content (AvgIpc) is 3.47. The molecule has 35 heavy (non-hydrogen) atoms. The second-order valence-corrected chi connectivity index (χ2v) is 9.89. The smallest absolute Gasteiger partial charge is 0.358 e. The molecule has 0 aliphatic heterocycles. The van der Waals surface area contributed by atoms with Crippen LogP contribution in [0.4, 0.5) is 10.8 Å². The minimum absolute atomic E-state index is 0.0161. The Hall–Kier alpha value is -3.52. The summed E-state index contributed by atoms with van der Waals surface area (Å²) in [5, 5.41) is 3.36. The molecule has 0 radical (unpaired) electrons. The van der Waals surface area contributed by atoms with Gasteiger partial charge in [0.2, 0.25) is 5.91 Å². The normalized spacial score (nSPS) is 16.4. The lowest BCUT2D eigenvalue weighted by atomic mass is 10.1. The highest BCUT2D eigenvalue weighted by atomic mass is 32.1. The third kappa shape index (κ3) is 5.95. The molecule has 8 heteroatoms. The minimum atomic E-state index is -0.498. The highest BCUT2D eigenvalue weighted by Gasteiger charge is 2.39. The van der Waals surface area contributed by atoms with Gasteiger partial charge in [0, 0.05) is 28.6 Å². The van der Waals surface area contributed by atoms with Crippen LogP contribution in [0.25, 0.3) is 0 Å². The molecule has 1 aromatic heterocycles. The van der Waals surface area contributed by atoms with Crippen LogP contribution < -0.4 is 10.2 Å². The summed E-state index contributed by atoms with van der Waals surface area (Å²) in [5.41, 5.74) is 2.34. The molecule has 3 aromatic rings. The first-order chi connectivity index (χ1) is 16.9. The fraction of sp³-hybridized carbons (Fsp3) is 0.333. The predicted octanol–water partition coefficient (Wildman–Crippen LogP) is 5.11. The molecule has 0 bridgehead atoms. The standard InChI is InChI=1S/C27H29N3O4S/c1-4-34-26(33)23-18(3)35-27(29-23)30(14-13-19-9-6-5-7-10-19)25(32)20-11-8-12-21(16-20)28-24(31)22-15-17(22)2/h5-12,16-17,22H,4,13-15H2,1-3H3,(H,28,31). The molecule has 182 valence electrons. The number of amides is 2. The Bertz CT molecular complexity index is 1220. The zero-order chi connectivity index (χ0) is 24.9. The lowest BCUT2D eigenvalue weighted by molar-refractivity contribution is -0.117. The number of rotatable bonds is 9. The summed E-state index contributed by atoms with van der Waals surface area (Å²) >= 11 is 1.29. The molecule has 2 unspecified atom stereocenters. The van der Waals surface area contributed by atoms with Crippen LogP contribution in [-0.4, -0.2) is 35.9 Å². The van der Waals surface area contributed by atoms with Crippen molar-refractivity contribution in [1.29, 1.82) is 0 Å². The first-order valence-corrected chi connectivity index (χ1v) is 12.6. The predicted molar refractivity (Wildman–Crippen MR) is 137 cm³/mol. The van der Waals surface area contributed by atoms with E-state index in [2.05, 4.69) is 17.2 Å². The van der Waals surface area contributed by atoms with Crippen LogP contribution >= 0.6 is 11.3 Å². The van der Waals surface area contributed by atoms with E-state index in [-0.39, 0.29) is 30.0 Å². The quantitative estimate of drug-likeness (QED) is 0.420. The number of carbonyl (C=O) groups is 3. The Kier molecular flexibility index (Phi) is 7.60. The average molecular weight is 492 g/mol. The number of esters is 1. The van der Waals surface area contributed by atoms with Crippen LogP contribution in [0, 0.1) is 18.8 Å². The van der Waals surface area contributed by atoms with E-state index in [1.54, 1.807) is 43.0 Å². The lowest BCUT2D eigenvalue weighted by Gasteiger charge is -2.20. The monoisotopic (exact) mass is 491 g/mol. The van der Waals surface area contributed by atoms with Gasteiger partial charge in [0.15, 0.2) is 10.8 Å². The van der Waals surface area contributed by atoms with Gasteiger partial charge >= 0.3 is 5.97 Å². The maximum absolute atomic E-state index is 13.7. The molecular formula is C27H29N3O4S. The van der Waals surface area contributed by atoms with E-state index in [0.29, 0.717) is 40.1 Å². The van der Waals surface area contributed by atoms with Gasteiger partial charge in [-0.05, 0) is 56.4 Å². The fourth-order valence-corrected chi connectivity index (χ4v) is 4.79. The Morgan fingerprint density at radius 3 is 2.57 bits per heavy atom. The van der Waals surface area contributed by atoms with Crippen molar-refractivity contribution in [3.05, 3.63) is 76.3 Å². The number of thiazole rings is 1.